The van der Waals surface area contributed by atoms with Crippen LogP contribution in [0.1, 0.15) is 36.4 Å². The van der Waals surface area contributed by atoms with Crippen LogP contribution in [0.15, 0.2) is 53.6 Å². The SMILES string of the molecule is CS(=O)(=O)c1cccnc1CNC(=O)N1CC(c2ccccc2)C2(CCC2)C1. The van der Waals surface area contributed by atoms with E-state index in [-0.39, 0.29) is 22.9 Å². The number of hydrogen-bond donors (Lipinski definition) is 1. The molecule has 2 aliphatic rings. The van der Waals surface area contributed by atoms with Crippen molar-refractivity contribution in [3.05, 3.63) is 59.9 Å². The minimum atomic E-state index is -3.39. The number of amides is 2. The van der Waals surface area contributed by atoms with Crippen molar-refractivity contribution in [2.45, 2.75) is 36.6 Å². The number of aromatic nitrogens is 1. The van der Waals surface area contributed by atoms with Gasteiger partial charge in [-0.25, -0.2) is 13.2 Å². The van der Waals surface area contributed by atoms with Gasteiger partial charge in [0, 0.05) is 31.5 Å². The third kappa shape index (κ3) is 3.51. The maximum absolute atomic E-state index is 12.8. The first-order chi connectivity index (χ1) is 13.4. The molecule has 1 saturated carbocycles. The van der Waals surface area contributed by atoms with Crippen molar-refractivity contribution in [1.82, 2.24) is 15.2 Å². The van der Waals surface area contributed by atoms with E-state index in [1.54, 1.807) is 12.3 Å². The van der Waals surface area contributed by atoms with Crippen LogP contribution in [0, 0.1) is 5.41 Å². The Labute approximate surface area is 165 Å². The van der Waals surface area contributed by atoms with Gasteiger partial charge in [-0.1, -0.05) is 36.8 Å². The molecule has 1 atom stereocenters. The lowest BCUT2D eigenvalue weighted by molar-refractivity contribution is 0.123. The first-order valence-corrected chi connectivity index (χ1v) is 11.5. The second-order valence-electron chi connectivity index (χ2n) is 7.94. The molecule has 2 amide bonds. The summed E-state index contributed by atoms with van der Waals surface area (Å²) in [6.45, 7) is 1.54. The number of carbonyl (C=O) groups excluding carboxylic acids is 1. The number of nitrogens with zero attached hydrogens (tertiary/aromatic N) is 2. The average molecular weight is 400 g/mol. The molecule has 1 aromatic heterocycles. The van der Waals surface area contributed by atoms with E-state index in [1.807, 2.05) is 11.0 Å². The van der Waals surface area contributed by atoms with E-state index in [9.17, 15) is 13.2 Å². The van der Waals surface area contributed by atoms with Gasteiger partial charge < -0.3 is 10.2 Å². The highest BCUT2D eigenvalue weighted by Crippen LogP contribution is 2.55. The highest BCUT2D eigenvalue weighted by atomic mass is 32.2. The minimum Gasteiger partial charge on any atom is -0.332 e. The van der Waals surface area contributed by atoms with E-state index in [2.05, 4.69) is 34.6 Å². The van der Waals surface area contributed by atoms with Gasteiger partial charge >= 0.3 is 6.03 Å². The summed E-state index contributed by atoms with van der Waals surface area (Å²) in [6, 6.07) is 13.4. The molecular weight excluding hydrogens is 374 g/mol. The number of rotatable bonds is 4. The number of urea groups is 1. The maximum Gasteiger partial charge on any atom is 0.317 e. The maximum atomic E-state index is 12.8. The van der Waals surface area contributed by atoms with Gasteiger partial charge in [-0.05, 0) is 36.0 Å². The van der Waals surface area contributed by atoms with Crippen LogP contribution in [0.5, 0.6) is 0 Å². The first-order valence-electron chi connectivity index (χ1n) is 9.61. The van der Waals surface area contributed by atoms with E-state index in [1.165, 1.54) is 18.1 Å². The van der Waals surface area contributed by atoms with Crippen LogP contribution in [0.25, 0.3) is 0 Å². The summed E-state index contributed by atoms with van der Waals surface area (Å²) in [5.74, 6) is 0.356. The number of likely N-dealkylation sites (tertiary alicyclic amines) is 1. The molecule has 2 heterocycles. The van der Waals surface area contributed by atoms with Crippen molar-refractivity contribution >= 4 is 15.9 Å². The number of benzene rings is 1. The Morgan fingerprint density at radius 1 is 1.21 bits per heavy atom. The molecule has 1 spiro atoms. The number of sulfone groups is 1. The fraction of sp³-hybridized carbons (Fsp3) is 0.429. The fourth-order valence-corrected chi connectivity index (χ4v) is 5.45. The van der Waals surface area contributed by atoms with Crippen molar-refractivity contribution in [1.29, 1.82) is 0 Å². The van der Waals surface area contributed by atoms with Gasteiger partial charge in [0.05, 0.1) is 17.1 Å². The molecule has 1 saturated heterocycles. The summed E-state index contributed by atoms with van der Waals surface area (Å²) in [5, 5.41) is 2.87. The molecule has 148 valence electrons. The largest absolute Gasteiger partial charge is 0.332 e. The third-order valence-corrected chi connectivity index (χ3v) is 7.31. The van der Waals surface area contributed by atoms with Gasteiger partial charge in [0.15, 0.2) is 9.84 Å². The summed E-state index contributed by atoms with van der Waals surface area (Å²) in [6.07, 6.45) is 6.20. The van der Waals surface area contributed by atoms with Crippen molar-refractivity contribution < 1.29 is 13.2 Å². The van der Waals surface area contributed by atoms with E-state index in [0.717, 1.165) is 25.6 Å². The molecule has 1 aliphatic heterocycles. The molecule has 2 fully saturated rings. The van der Waals surface area contributed by atoms with Crippen molar-refractivity contribution in [3.8, 4) is 0 Å². The fourth-order valence-electron chi connectivity index (χ4n) is 4.57. The number of carbonyl (C=O) groups is 1. The average Bonchev–Trinajstić information content (AvgIpc) is 3.08. The zero-order valence-corrected chi connectivity index (χ0v) is 16.8. The topological polar surface area (TPSA) is 79.4 Å². The normalized spacial score (nSPS) is 20.8. The molecule has 1 N–H and O–H groups in total. The van der Waals surface area contributed by atoms with Crippen molar-refractivity contribution in [3.63, 3.8) is 0 Å². The second-order valence-corrected chi connectivity index (χ2v) is 9.92. The third-order valence-electron chi connectivity index (χ3n) is 6.14. The predicted octanol–water partition coefficient (Wildman–Crippen LogP) is 2.96. The minimum absolute atomic E-state index is 0.0988. The molecule has 4 rings (SSSR count). The van der Waals surface area contributed by atoms with Gasteiger partial charge in [0.2, 0.25) is 0 Å². The Balaban J connectivity index is 1.47. The lowest BCUT2D eigenvalue weighted by atomic mass is 9.61. The molecule has 2 aromatic rings. The Hall–Kier alpha value is -2.41. The number of pyridine rings is 1. The van der Waals surface area contributed by atoms with Gasteiger partial charge in [-0.3, -0.25) is 4.98 Å². The summed E-state index contributed by atoms with van der Waals surface area (Å²) in [4.78, 5) is 19.0. The molecule has 1 unspecified atom stereocenters. The monoisotopic (exact) mass is 399 g/mol. The lowest BCUT2D eigenvalue weighted by Gasteiger charge is -2.43. The Morgan fingerprint density at radius 2 is 1.96 bits per heavy atom. The van der Waals surface area contributed by atoms with Crippen molar-refractivity contribution in [2.75, 3.05) is 19.3 Å². The number of hydrogen-bond acceptors (Lipinski definition) is 4. The van der Waals surface area contributed by atoms with Crippen LogP contribution in [-0.2, 0) is 16.4 Å². The molecule has 1 aromatic carbocycles. The van der Waals surface area contributed by atoms with Crippen LogP contribution in [0.4, 0.5) is 4.79 Å². The van der Waals surface area contributed by atoms with E-state index in [4.69, 9.17) is 0 Å². The summed E-state index contributed by atoms with van der Waals surface area (Å²) in [7, 11) is -3.39. The zero-order valence-electron chi connectivity index (χ0n) is 16.0. The molecule has 0 bridgehead atoms. The molecular formula is C21H25N3O3S. The van der Waals surface area contributed by atoms with Crippen LogP contribution in [0.2, 0.25) is 0 Å². The molecule has 7 heteroatoms. The van der Waals surface area contributed by atoms with Gasteiger partial charge in [-0.15, -0.1) is 0 Å². The standard InChI is InChI=1S/C21H25N3O3S/c1-28(26,27)19-9-5-12-22-18(19)13-23-20(25)24-14-17(16-7-3-2-4-8-16)21(15-24)10-6-11-21/h2-5,7-9,12,17H,6,10-11,13-15H2,1H3,(H,23,25). The Kier molecular flexibility index (Phi) is 4.87. The van der Waals surface area contributed by atoms with Crippen molar-refractivity contribution in [2.24, 2.45) is 5.41 Å². The van der Waals surface area contributed by atoms with Crippen LogP contribution < -0.4 is 5.32 Å². The summed E-state index contributed by atoms with van der Waals surface area (Å²) in [5.41, 5.74) is 1.85. The summed E-state index contributed by atoms with van der Waals surface area (Å²) >= 11 is 0. The smallest absolute Gasteiger partial charge is 0.317 e. The van der Waals surface area contributed by atoms with E-state index in [0.29, 0.717) is 18.2 Å². The lowest BCUT2D eigenvalue weighted by Crippen LogP contribution is -2.41. The van der Waals surface area contributed by atoms with E-state index < -0.39 is 9.84 Å². The zero-order chi connectivity index (χ0) is 19.8. The predicted molar refractivity (Wildman–Crippen MR) is 107 cm³/mol. The van der Waals surface area contributed by atoms with Gasteiger partial charge in [0.25, 0.3) is 0 Å². The molecule has 28 heavy (non-hydrogen) atoms. The summed E-state index contributed by atoms with van der Waals surface area (Å²) < 4.78 is 23.8. The Bertz CT molecular complexity index is 971. The quantitative estimate of drug-likeness (QED) is 0.857. The van der Waals surface area contributed by atoms with Gasteiger partial charge in [0.1, 0.15) is 0 Å². The molecule has 0 radical (unpaired) electrons. The van der Waals surface area contributed by atoms with E-state index >= 15 is 0 Å². The van der Waals surface area contributed by atoms with Crippen LogP contribution in [-0.4, -0.2) is 43.7 Å². The van der Waals surface area contributed by atoms with Crippen LogP contribution >= 0.6 is 0 Å². The molecule has 6 nitrogen and oxygen atoms in total. The molecule has 1 aliphatic carbocycles. The number of nitrogens with one attached hydrogen (secondary N) is 1. The highest BCUT2D eigenvalue weighted by Gasteiger charge is 2.51. The Morgan fingerprint density at radius 3 is 2.61 bits per heavy atom. The highest BCUT2D eigenvalue weighted by molar-refractivity contribution is 7.90. The second kappa shape index (κ2) is 7.20. The first kappa shape index (κ1) is 18.9. The van der Waals surface area contributed by atoms with Gasteiger partial charge in [-0.2, -0.15) is 0 Å². The van der Waals surface area contributed by atoms with Crippen LogP contribution in [0.3, 0.4) is 0 Å².